The van der Waals surface area contributed by atoms with Crippen LogP contribution in [0, 0.1) is 5.92 Å². The molecule has 0 unspecified atom stereocenters. The van der Waals surface area contributed by atoms with Crippen molar-refractivity contribution in [3.8, 4) is 5.75 Å². The lowest BCUT2D eigenvalue weighted by molar-refractivity contribution is -0.145. The monoisotopic (exact) mass is 383 g/mol. The van der Waals surface area contributed by atoms with E-state index in [0.717, 1.165) is 5.56 Å². The standard InChI is InChI=1S/C22H25NO5/c1-14(2)22(26)23-18-9-7-17(8-10-18)21(25)15(3)28-20(24)13-16-5-11-19(27-4)12-6-16/h5-12,14-15H,13H2,1-4H3,(H,23,26)/t15-/m1/s1. The molecule has 2 aromatic rings. The Bertz CT molecular complexity index is 825. The van der Waals surface area contributed by atoms with Crippen LogP contribution in [0.3, 0.4) is 0 Å². The van der Waals surface area contributed by atoms with Crippen molar-refractivity contribution in [3.05, 3.63) is 59.7 Å². The smallest absolute Gasteiger partial charge is 0.310 e. The third-order valence-corrected chi connectivity index (χ3v) is 4.15. The van der Waals surface area contributed by atoms with Gasteiger partial charge >= 0.3 is 5.97 Å². The average molecular weight is 383 g/mol. The van der Waals surface area contributed by atoms with E-state index in [-0.39, 0.29) is 24.0 Å². The van der Waals surface area contributed by atoms with Crippen LogP contribution in [0.2, 0.25) is 0 Å². The van der Waals surface area contributed by atoms with E-state index in [1.54, 1.807) is 76.4 Å². The highest BCUT2D eigenvalue weighted by atomic mass is 16.5. The first-order chi connectivity index (χ1) is 13.3. The minimum Gasteiger partial charge on any atom is -0.497 e. The van der Waals surface area contributed by atoms with Crippen LogP contribution in [0.15, 0.2) is 48.5 Å². The zero-order valence-corrected chi connectivity index (χ0v) is 16.5. The molecule has 2 aromatic carbocycles. The number of ketones is 1. The van der Waals surface area contributed by atoms with Gasteiger partial charge in [-0.05, 0) is 48.9 Å². The van der Waals surface area contributed by atoms with Crippen LogP contribution in [0.5, 0.6) is 5.75 Å². The number of Topliss-reactive ketones (excluding diaryl/α,β-unsaturated/α-hetero) is 1. The van der Waals surface area contributed by atoms with E-state index >= 15 is 0 Å². The maximum Gasteiger partial charge on any atom is 0.310 e. The second kappa shape index (κ2) is 9.69. The average Bonchev–Trinajstić information content (AvgIpc) is 2.68. The van der Waals surface area contributed by atoms with E-state index in [4.69, 9.17) is 9.47 Å². The van der Waals surface area contributed by atoms with Crippen LogP contribution in [-0.2, 0) is 20.7 Å². The lowest BCUT2D eigenvalue weighted by atomic mass is 10.1. The number of carbonyl (C=O) groups is 3. The summed E-state index contributed by atoms with van der Waals surface area (Å²) in [6.07, 6.45) is -0.830. The molecule has 0 heterocycles. The highest BCUT2D eigenvalue weighted by Crippen LogP contribution is 2.15. The number of esters is 1. The lowest BCUT2D eigenvalue weighted by Gasteiger charge is -2.13. The maximum absolute atomic E-state index is 12.5. The molecule has 6 heteroatoms. The van der Waals surface area contributed by atoms with Gasteiger partial charge in [0.15, 0.2) is 6.10 Å². The summed E-state index contributed by atoms with van der Waals surface area (Å²) in [6, 6.07) is 13.6. The van der Waals surface area contributed by atoms with Gasteiger partial charge in [-0.25, -0.2) is 0 Å². The Balaban J connectivity index is 1.92. The molecule has 0 aliphatic heterocycles. The van der Waals surface area contributed by atoms with Crippen LogP contribution in [0.1, 0.15) is 36.7 Å². The summed E-state index contributed by atoms with van der Waals surface area (Å²) in [4.78, 5) is 36.3. The SMILES string of the molecule is COc1ccc(CC(=O)O[C@H](C)C(=O)c2ccc(NC(=O)C(C)C)cc2)cc1. The number of amides is 1. The fourth-order valence-corrected chi connectivity index (χ4v) is 2.44. The molecule has 6 nitrogen and oxygen atoms in total. The number of rotatable bonds is 8. The quantitative estimate of drug-likeness (QED) is 0.556. The van der Waals surface area contributed by atoms with Crippen molar-refractivity contribution in [1.29, 1.82) is 0 Å². The largest absolute Gasteiger partial charge is 0.497 e. The predicted octanol–water partition coefficient (Wildman–Crippen LogP) is 3.65. The highest BCUT2D eigenvalue weighted by Gasteiger charge is 2.20. The summed E-state index contributed by atoms with van der Waals surface area (Å²) in [6.45, 7) is 5.15. The van der Waals surface area contributed by atoms with Crippen molar-refractivity contribution in [2.24, 2.45) is 5.92 Å². The van der Waals surface area contributed by atoms with Gasteiger partial charge in [-0.15, -0.1) is 0 Å². The number of nitrogens with one attached hydrogen (secondary N) is 1. The topological polar surface area (TPSA) is 81.7 Å². The van der Waals surface area contributed by atoms with Gasteiger partial charge in [0.05, 0.1) is 13.5 Å². The Kier molecular flexibility index (Phi) is 7.32. The van der Waals surface area contributed by atoms with Gasteiger partial charge in [0.25, 0.3) is 0 Å². The van der Waals surface area contributed by atoms with Crippen molar-refractivity contribution < 1.29 is 23.9 Å². The fraction of sp³-hybridized carbons (Fsp3) is 0.318. The lowest BCUT2D eigenvalue weighted by Crippen LogP contribution is -2.25. The molecule has 0 fully saturated rings. The molecule has 1 amide bonds. The van der Waals surface area contributed by atoms with E-state index in [0.29, 0.717) is 17.0 Å². The number of ether oxygens (including phenoxy) is 2. The molecule has 1 atom stereocenters. The van der Waals surface area contributed by atoms with Gasteiger partial charge in [-0.2, -0.15) is 0 Å². The summed E-state index contributed by atoms with van der Waals surface area (Å²) in [5.74, 6) is -0.309. The Labute approximate surface area is 164 Å². The molecular formula is C22H25NO5. The van der Waals surface area contributed by atoms with Crippen LogP contribution >= 0.6 is 0 Å². The summed E-state index contributed by atoms with van der Waals surface area (Å²) in [7, 11) is 1.57. The van der Waals surface area contributed by atoms with E-state index in [2.05, 4.69) is 5.32 Å². The summed E-state index contributed by atoms with van der Waals surface area (Å²) in [5.41, 5.74) is 1.79. The van der Waals surface area contributed by atoms with Gasteiger partial charge in [-0.3, -0.25) is 14.4 Å². The van der Waals surface area contributed by atoms with Crippen LogP contribution in [0.25, 0.3) is 0 Å². The van der Waals surface area contributed by atoms with Gasteiger partial charge in [0, 0.05) is 17.2 Å². The Morgan fingerprint density at radius 2 is 1.54 bits per heavy atom. The van der Waals surface area contributed by atoms with E-state index in [1.807, 2.05) is 0 Å². The Morgan fingerprint density at radius 3 is 2.07 bits per heavy atom. The van der Waals surface area contributed by atoms with Crippen molar-refractivity contribution in [2.75, 3.05) is 12.4 Å². The molecule has 0 saturated heterocycles. The van der Waals surface area contributed by atoms with Crippen LogP contribution in [0.4, 0.5) is 5.69 Å². The minimum absolute atomic E-state index is 0.0712. The molecule has 1 N–H and O–H groups in total. The summed E-state index contributed by atoms with van der Waals surface area (Å²) in [5, 5.41) is 2.76. The summed E-state index contributed by atoms with van der Waals surface area (Å²) >= 11 is 0. The molecule has 0 spiro atoms. The zero-order valence-electron chi connectivity index (χ0n) is 16.5. The van der Waals surface area contributed by atoms with Gasteiger partial charge in [0.2, 0.25) is 11.7 Å². The molecule has 28 heavy (non-hydrogen) atoms. The van der Waals surface area contributed by atoms with Crippen molar-refractivity contribution in [1.82, 2.24) is 0 Å². The van der Waals surface area contributed by atoms with Crippen molar-refractivity contribution >= 4 is 23.3 Å². The number of anilines is 1. The van der Waals surface area contributed by atoms with Crippen LogP contribution < -0.4 is 10.1 Å². The second-order valence-electron chi connectivity index (χ2n) is 6.74. The molecule has 0 aliphatic rings. The number of benzene rings is 2. The molecule has 148 valence electrons. The molecular weight excluding hydrogens is 358 g/mol. The number of carbonyl (C=O) groups excluding carboxylic acids is 3. The third-order valence-electron chi connectivity index (χ3n) is 4.15. The van der Waals surface area contributed by atoms with E-state index in [9.17, 15) is 14.4 Å². The van der Waals surface area contributed by atoms with Crippen LogP contribution in [-0.4, -0.2) is 30.9 Å². The van der Waals surface area contributed by atoms with E-state index < -0.39 is 12.1 Å². The molecule has 2 rings (SSSR count). The third kappa shape index (κ3) is 5.94. The zero-order chi connectivity index (χ0) is 20.7. The van der Waals surface area contributed by atoms with Gasteiger partial charge in [0.1, 0.15) is 5.75 Å². The maximum atomic E-state index is 12.5. The van der Waals surface area contributed by atoms with Crippen molar-refractivity contribution in [2.45, 2.75) is 33.3 Å². The molecule has 0 bridgehead atoms. The second-order valence-corrected chi connectivity index (χ2v) is 6.74. The predicted molar refractivity (Wildman–Crippen MR) is 106 cm³/mol. The fourth-order valence-electron chi connectivity index (χ4n) is 2.44. The number of hydrogen-bond donors (Lipinski definition) is 1. The first-order valence-corrected chi connectivity index (χ1v) is 9.07. The first-order valence-electron chi connectivity index (χ1n) is 9.07. The number of hydrogen-bond acceptors (Lipinski definition) is 5. The summed E-state index contributed by atoms with van der Waals surface area (Å²) < 4.78 is 10.3. The minimum atomic E-state index is -0.901. The van der Waals surface area contributed by atoms with Gasteiger partial charge in [-0.1, -0.05) is 26.0 Å². The van der Waals surface area contributed by atoms with E-state index in [1.165, 1.54) is 0 Å². The normalized spacial score (nSPS) is 11.6. The Hall–Kier alpha value is -3.15. The number of methoxy groups -OCH3 is 1. The molecule has 0 radical (unpaired) electrons. The first kappa shape index (κ1) is 21.2. The Morgan fingerprint density at radius 1 is 0.929 bits per heavy atom. The van der Waals surface area contributed by atoms with Gasteiger partial charge < -0.3 is 14.8 Å². The molecule has 0 aromatic heterocycles. The van der Waals surface area contributed by atoms with Crippen molar-refractivity contribution in [3.63, 3.8) is 0 Å². The molecule has 0 saturated carbocycles. The highest BCUT2D eigenvalue weighted by molar-refractivity contribution is 6.01. The molecule has 0 aliphatic carbocycles.